The van der Waals surface area contributed by atoms with Crippen LogP contribution in [0.15, 0.2) is 63.2 Å². The van der Waals surface area contributed by atoms with Gasteiger partial charge in [-0.1, -0.05) is 18.2 Å². The predicted octanol–water partition coefficient (Wildman–Crippen LogP) is 3.23. The van der Waals surface area contributed by atoms with Gasteiger partial charge in [-0.15, -0.1) is 11.3 Å². The number of carbonyl (C=O) groups is 1. The van der Waals surface area contributed by atoms with Gasteiger partial charge in [-0.25, -0.2) is 13.8 Å². The molecular formula is C18H17N3O3S2. The van der Waals surface area contributed by atoms with Gasteiger partial charge in [-0.3, -0.25) is 9.52 Å². The van der Waals surface area contributed by atoms with Crippen LogP contribution in [-0.4, -0.2) is 20.0 Å². The molecule has 2 aromatic rings. The van der Waals surface area contributed by atoms with E-state index in [2.05, 4.69) is 27.4 Å². The number of amides is 1. The summed E-state index contributed by atoms with van der Waals surface area (Å²) in [5.74, 6) is 0.727. The molecule has 2 N–H and O–H groups in total. The first-order valence-electron chi connectivity index (χ1n) is 8.23. The van der Waals surface area contributed by atoms with Crippen LogP contribution in [0.2, 0.25) is 0 Å². The number of hydrazone groups is 1. The van der Waals surface area contributed by atoms with E-state index in [1.54, 1.807) is 41.8 Å². The molecule has 1 heterocycles. The summed E-state index contributed by atoms with van der Waals surface area (Å²) in [6.07, 6.45) is 6.28. The van der Waals surface area contributed by atoms with Gasteiger partial charge in [0.15, 0.2) is 0 Å². The number of benzene rings is 1. The lowest BCUT2D eigenvalue weighted by molar-refractivity contribution is 0.0954. The SMILES string of the molecule is O=C(N/N=C1/C[C@H]2C=CC[C@@H]12)c1ccc(NS(=O)(=O)c2cccs2)cc1. The number of rotatable bonds is 5. The standard InChI is InChI=1S/C18H17N3O3S2/c22-18(20-19-16-11-13-3-1-4-15(13)16)12-6-8-14(9-7-12)21-26(23,24)17-5-2-10-25-17/h1-3,5-10,13,15,21H,4,11H2,(H,20,22)/b19-16-/t13-,15-/m1/s1. The van der Waals surface area contributed by atoms with E-state index in [1.165, 1.54) is 0 Å². The maximum atomic E-state index is 12.2. The fourth-order valence-corrected chi connectivity index (χ4v) is 5.21. The van der Waals surface area contributed by atoms with Crippen LogP contribution < -0.4 is 10.1 Å². The van der Waals surface area contributed by atoms with E-state index < -0.39 is 10.0 Å². The van der Waals surface area contributed by atoms with E-state index in [9.17, 15) is 13.2 Å². The van der Waals surface area contributed by atoms with Crippen molar-refractivity contribution in [2.75, 3.05) is 4.72 Å². The van der Waals surface area contributed by atoms with Gasteiger partial charge < -0.3 is 0 Å². The van der Waals surface area contributed by atoms with Crippen molar-refractivity contribution in [2.24, 2.45) is 16.9 Å². The van der Waals surface area contributed by atoms with Crippen LogP contribution in [0.25, 0.3) is 0 Å². The van der Waals surface area contributed by atoms with Crippen LogP contribution in [0.1, 0.15) is 23.2 Å². The average molecular weight is 387 g/mol. The van der Waals surface area contributed by atoms with Crippen LogP contribution >= 0.6 is 11.3 Å². The summed E-state index contributed by atoms with van der Waals surface area (Å²) in [4.78, 5) is 12.2. The largest absolute Gasteiger partial charge is 0.279 e. The Bertz CT molecular complexity index is 977. The molecule has 2 aliphatic carbocycles. The summed E-state index contributed by atoms with van der Waals surface area (Å²) in [6, 6.07) is 9.49. The van der Waals surface area contributed by atoms with E-state index >= 15 is 0 Å². The summed E-state index contributed by atoms with van der Waals surface area (Å²) < 4.78 is 27.1. The molecule has 1 aromatic heterocycles. The normalized spacial score (nSPS) is 22.7. The first-order valence-corrected chi connectivity index (χ1v) is 10.6. The third-order valence-corrected chi connectivity index (χ3v) is 7.40. The van der Waals surface area contributed by atoms with Crippen molar-refractivity contribution in [3.63, 3.8) is 0 Å². The quantitative estimate of drug-likeness (QED) is 0.610. The molecule has 4 rings (SSSR count). The minimum Gasteiger partial charge on any atom is -0.279 e. The van der Waals surface area contributed by atoms with Crippen molar-refractivity contribution in [1.29, 1.82) is 0 Å². The van der Waals surface area contributed by atoms with E-state index in [0.29, 0.717) is 23.1 Å². The molecule has 1 aromatic carbocycles. The first kappa shape index (κ1) is 17.0. The fourth-order valence-electron chi connectivity index (χ4n) is 3.16. The zero-order valence-corrected chi connectivity index (χ0v) is 15.4. The highest BCUT2D eigenvalue weighted by atomic mass is 32.2. The van der Waals surface area contributed by atoms with Crippen molar-refractivity contribution in [1.82, 2.24) is 5.43 Å². The Morgan fingerprint density at radius 3 is 2.69 bits per heavy atom. The molecule has 1 amide bonds. The maximum Gasteiger partial charge on any atom is 0.271 e. The molecule has 8 heteroatoms. The van der Waals surface area contributed by atoms with Gasteiger partial charge in [0.1, 0.15) is 4.21 Å². The number of carbonyl (C=O) groups excluding carboxylic acids is 1. The van der Waals surface area contributed by atoms with E-state index in [-0.39, 0.29) is 10.1 Å². The van der Waals surface area contributed by atoms with Crippen LogP contribution in [0, 0.1) is 11.8 Å². The summed E-state index contributed by atoms with van der Waals surface area (Å²) in [5, 5.41) is 5.93. The summed E-state index contributed by atoms with van der Waals surface area (Å²) in [5.41, 5.74) is 4.45. The van der Waals surface area contributed by atoms with Crippen LogP contribution in [0.3, 0.4) is 0 Å². The third kappa shape index (κ3) is 3.30. The van der Waals surface area contributed by atoms with Gasteiger partial charge in [0.25, 0.3) is 15.9 Å². The number of sulfonamides is 1. The Kier molecular flexibility index (Phi) is 4.37. The second kappa shape index (κ2) is 6.69. The van der Waals surface area contributed by atoms with Crippen molar-refractivity contribution in [2.45, 2.75) is 17.1 Å². The van der Waals surface area contributed by atoms with E-state index in [0.717, 1.165) is 29.9 Å². The Morgan fingerprint density at radius 2 is 2.00 bits per heavy atom. The maximum absolute atomic E-state index is 12.2. The highest BCUT2D eigenvalue weighted by Crippen LogP contribution is 2.40. The minimum atomic E-state index is -3.59. The zero-order valence-electron chi connectivity index (χ0n) is 13.8. The van der Waals surface area contributed by atoms with Gasteiger partial charge >= 0.3 is 0 Å². The van der Waals surface area contributed by atoms with Crippen molar-refractivity contribution in [3.8, 4) is 0 Å². The molecule has 1 saturated carbocycles. The van der Waals surface area contributed by atoms with Gasteiger partial charge in [0.05, 0.1) is 0 Å². The summed E-state index contributed by atoms with van der Waals surface area (Å²) in [6.45, 7) is 0. The zero-order chi connectivity index (χ0) is 18.1. The van der Waals surface area contributed by atoms with Crippen molar-refractivity contribution >= 4 is 38.7 Å². The van der Waals surface area contributed by atoms with Crippen LogP contribution in [-0.2, 0) is 10.0 Å². The lowest BCUT2D eigenvalue weighted by Crippen LogP contribution is -2.35. The van der Waals surface area contributed by atoms with Gasteiger partial charge in [0, 0.05) is 22.9 Å². The molecule has 0 spiro atoms. The molecule has 0 aliphatic heterocycles. The number of anilines is 1. The molecule has 134 valence electrons. The third-order valence-electron chi connectivity index (χ3n) is 4.62. The Labute approximate surface area is 155 Å². The van der Waals surface area contributed by atoms with Gasteiger partial charge in [-0.05, 0) is 54.5 Å². The first-order chi connectivity index (χ1) is 12.5. The highest BCUT2D eigenvalue weighted by molar-refractivity contribution is 7.94. The van der Waals surface area contributed by atoms with Crippen molar-refractivity contribution < 1.29 is 13.2 Å². The number of fused-ring (bicyclic) bond motifs is 1. The molecule has 26 heavy (non-hydrogen) atoms. The highest BCUT2D eigenvalue weighted by Gasteiger charge is 2.38. The number of hydrogen-bond acceptors (Lipinski definition) is 5. The average Bonchev–Trinajstić information content (AvgIpc) is 3.26. The number of hydrogen-bond donors (Lipinski definition) is 2. The smallest absolute Gasteiger partial charge is 0.271 e. The number of allylic oxidation sites excluding steroid dienone is 2. The Balaban J connectivity index is 1.38. The summed E-state index contributed by atoms with van der Waals surface area (Å²) in [7, 11) is -3.59. The monoisotopic (exact) mass is 387 g/mol. The Hall–Kier alpha value is -2.45. The molecule has 0 saturated heterocycles. The van der Waals surface area contributed by atoms with Crippen molar-refractivity contribution in [3.05, 3.63) is 59.5 Å². The molecule has 2 atom stereocenters. The van der Waals surface area contributed by atoms with E-state index in [4.69, 9.17) is 0 Å². The van der Waals surface area contributed by atoms with Crippen LogP contribution in [0.5, 0.6) is 0 Å². The second-order valence-electron chi connectivity index (χ2n) is 6.30. The summed E-state index contributed by atoms with van der Waals surface area (Å²) >= 11 is 1.15. The molecule has 2 aliphatic rings. The van der Waals surface area contributed by atoms with Gasteiger partial charge in [-0.2, -0.15) is 5.10 Å². The molecular weight excluding hydrogens is 370 g/mol. The van der Waals surface area contributed by atoms with E-state index in [1.807, 2.05) is 0 Å². The fraction of sp³-hybridized carbons (Fsp3) is 0.222. The molecule has 0 unspecified atom stereocenters. The molecule has 6 nitrogen and oxygen atoms in total. The molecule has 1 fully saturated rings. The lowest BCUT2D eigenvalue weighted by atomic mass is 9.74. The van der Waals surface area contributed by atoms with Crippen LogP contribution in [0.4, 0.5) is 5.69 Å². The predicted molar refractivity (Wildman–Crippen MR) is 102 cm³/mol. The Morgan fingerprint density at radius 1 is 1.19 bits per heavy atom. The second-order valence-corrected chi connectivity index (χ2v) is 9.15. The number of nitrogens with one attached hydrogen (secondary N) is 2. The topological polar surface area (TPSA) is 87.6 Å². The molecule has 0 bridgehead atoms. The number of nitrogens with zero attached hydrogens (tertiary/aromatic N) is 1. The minimum absolute atomic E-state index is 0.246. The number of thiophene rings is 1. The van der Waals surface area contributed by atoms with Gasteiger partial charge in [0.2, 0.25) is 0 Å². The lowest BCUT2D eigenvalue weighted by Gasteiger charge is -2.31. The molecule has 0 radical (unpaired) electrons.